The number of amides is 1. The standard InChI is InChI=1S/C26H32F3N5O3/c1-17-12-33(23-30-11-21(26(27,28)29)22(31-23)36-3)13-18(2)34(17)24(35)37-20-9-25(10-20)15-32(16-25)14-19-7-5-4-6-8-19/h4-8,11,17-18,20H,9-10,12-16H2,1-3H3/t17-,18+. The second kappa shape index (κ2) is 9.66. The number of piperazine rings is 1. The van der Waals surface area contributed by atoms with Crippen molar-refractivity contribution < 1.29 is 27.4 Å². The Morgan fingerprint density at radius 2 is 1.76 bits per heavy atom. The van der Waals surface area contributed by atoms with E-state index >= 15 is 0 Å². The highest BCUT2D eigenvalue weighted by Crippen LogP contribution is 2.50. The van der Waals surface area contributed by atoms with Crippen molar-refractivity contribution in [1.82, 2.24) is 19.8 Å². The smallest absolute Gasteiger partial charge is 0.423 e. The maximum atomic E-state index is 13.2. The molecule has 0 bridgehead atoms. The monoisotopic (exact) mass is 519 g/mol. The third-order valence-corrected chi connectivity index (χ3v) is 7.61. The van der Waals surface area contributed by atoms with Crippen molar-refractivity contribution >= 4 is 12.0 Å². The maximum absolute atomic E-state index is 13.2. The number of carbonyl (C=O) groups excluding carboxylic acids is 1. The minimum atomic E-state index is -4.60. The highest BCUT2D eigenvalue weighted by atomic mass is 19.4. The van der Waals surface area contributed by atoms with Gasteiger partial charge >= 0.3 is 12.3 Å². The Kier molecular flexibility index (Phi) is 6.68. The topological polar surface area (TPSA) is 71.0 Å². The predicted molar refractivity (Wildman–Crippen MR) is 130 cm³/mol. The number of halogens is 3. The van der Waals surface area contributed by atoms with Crippen LogP contribution in [0.3, 0.4) is 0 Å². The third kappa shape index (κ3) is 5.18. The molecule has 2 aromatic rings. The Morgan fingerprint density at radius 1 is 1.11 bits per heavy atom. The molecule has 0 radical (unpaired) electrons. The number of anilines is 1. The minimum Gasteiger partial charge on any atom is -0.480 e. The number of likely N-dealkylation sites (tertiary alicyclic amines) is 1. The molecule has 1 aromatic heterocycles. The van der Waals surface area contributed by atoms with E-state index in [0.29, 0.717) is 13.1 Å². The van der Waals surface area contributed by atoms with Crippen LogP contribution in [0, 0.1) is 5.41 Å². The molecule has 3 fully saturated rings. The second-order valence-electron chi connectivity index (χ2n) is 10.6. The Labute approximate surface area is 214 Å². The van der Waals surface area contributed by atoms with E-state index in [1.165, 1.54) is 5.56 Å². The van der Waals surface area contributed by atoms with Crippen molar-refractivity contribution in [3.8, 4) is 5.88 Å². The van der Waals surface area contributed by atoms with Crippen LogP contribution in [0.5, 0.6) is 5.88 Å². The highest BCUT2D eigenvalue weighted by molar-refractivity contribution is 5.69. The van der Waals surface area contributed by atoms with Gasteiger partial charge in [0.1, 0.15) is 11.7 Å². The van der Waals surface area contributed by atoms with Crippen molar-refractivity contribution in [2.24, 2.45) is 5.41 Å². The fraction of sp³-hybridized carbons (Fsp3) is 0.577. The third-order valence-electron chi connectivity index (χ3n) is 7.61. The molecule has 11 heteroatoms. The number of alkyl halides is 3. The summed E-state index contributed by atoms with van der Waals surface area (Å²) in [4.78, 5) is 26.9. The molecule has 2 atom stereocenters. The lowest BCUT2D eigenvalue weighted by Gasteiger charge is -2.58. The van der Waals surface area contributed by atoms with E-state index in [0.717, 1.165) is 45.8 Å². The minimum absolute atomic E-state index is 0.0775. The maximum Gasteiger partial charge on any atom is 0.423 e. The number of hydrogen-bond acceptors (Lipinski definition) is 7. The van der Waals surface area contributed by atoms with Gasteiger partial charge in [-0.25, -0.2) is 9.78 Å². The van der Waals surface area contributed by atoms with Gasteiger partial charge in [0.05, 0.1) is 19.2 Å². The molecule has 8 nitrogen and oxygen atoms in total. The molecule has 1 aromatic carbocycles. The lowest BCUT2D eigenvalue weighted by atomic mass is 9.61. The first-order chi connectivity index (χ1) is 17.6. The summed E-state index contributed by atoms with van der Waals surface area (Å²) in [6, 6.07) is 9.95. The zero-order valence-corrected chi connectivity index (χ0v) is 21.2. The molecule has 1 spiro atoms. The molecular weight excluding hydrogens is 487 g/mol. The average molecular weight is 520 g/mol. The molecule has 3 heterocycles. The van der Waals surface area contributed by atoms with E-state index in [-0.39, 0.29) is 35.6 Å². The first kappa shape index (κ1) is 25.6. The number of rotatable bonds is 5. The highest BCUT2D eigenvalue weighted by Gasteiger charge is 2.54. The van der Waals surface area contributed by atoms with Crippen molar-refractivity contribution in [2.45, 2.75) is 57.6 Å². The van der Waals surface area contributed by atoms with Crippen LogP contribution < -0.4 is 9.64 Å². The number of aromatic nitrogens is 2. The summed E-state index contributed by atoms with van der Waals surface area (Å²) < 4.78 is 50.2. The quantitative estimate of drug-likeness (QED) is 0.586. The summed E-state index contributed by atoms with van der Waals surface area (Å²) in [6.45, 7) is 7.52. The zero-order chi connectivity index (χ0) is 26.4. The molecule has 2 aliphatic heterocycles. The summed E-state index contributed by atoms with van der Waals surface area (Å²) >= 11 is 0. The van der Waals surface area contributed by atoms with Crippen LogP contribution in [0.15, 0.2) is 36.5 Å². The van der Waals surface area contributed by atoms with Crippen LogP contribution in [0.25, 0.3) is 0 Å². The van der Waals surface area contributed by atoms with Gasteiger partial charge in [0.25, 0.3) is 0 Å². The lowest BCUT2D eigenvalue weighted by molar-refractivity contribution is -0.139. The SMILES string of the molecule is COc1nc(N2C[C@@H](C)N(C(=O)OC3CC4(C3)CN(Cc3ccccc3)C4)[C@@H](C)C2)ncc1C(F)(F)F. The Balaban J connectivity index is 1.12. The molecule has 200 valence electrons. The number of methoxy groups -OCH3 is 1. The number of hydrogen-bond donors (Lipinski definition) is 0. The van der Waals surface area contributed by atoms with Gasteiger partial charge in [0.15, 0.2) is 0 Å². The van der Waals surface area contributed by atoms with Gasteiger partial charge in [-0.15, -0.1) is 0 Å². The van der Waals surface area contributed by atoms with Gasteiger partial charge in [-0.3, -0.25) is 9.80 Å². The van der Waals surface area contributed by atoms with Crippen molar-refractivity contribution in [2.75, 3.05) is 38.2 Å². The van der Waals surface area contributed by atoms with E-state index in [2.05, 4.69) is 39.1 Å². The van der Waals surface area contributed by atoms with Crippen LogP contribution in [0.2, 0.25) is 0 Å². The van der Waals surface area contributed by atoms with Crippen molar-refractivity contribution in [3.63, 3.8) is 0 Å². The first-order valence-corrected chi connectivity index (χ1v) is 12.6. The van der Waals surface area contributed by atoms with Gasteiger partial charge in [0.2, 0.25) is 11.8 Å². The van der Waals surface area contributed by atoms with Gasteiger partial charge in [-0.2, -0.15) is 18.2 Å². The normalized spacial score (nSPS) is 23.9. The molecule has 0 unspecified atom stereocenters. The molecule has 5 rings (SSSR count). The van der Waals surface area contributed by atoms with Crippen LogP contribution in [-0.4, -0.2) is 77.3 Å². The van der Waals surface area contributed by atoms with Gasteiger partial charge in [-0.05, 0) is 32.3 Å². The van der Waals surface area contributed by atoms with E-state index in [4.69, 9.17) is 9.47 Å². The van der Waals surface area contributed by atoms with E-state index in [9.17, 15) is 18.0 Å². The zero-order valence-electron chi connectivity index (χ0n) is 21.2. The van der Waals surface area contributed by atoms with E-state index in [1.54, 1.807) is 9.80 Å². The summed E-state index contributed by atoms with van der Waals surface area (Å²) in [5.74, 6) is -0.376. The Morgan fingerprint density at radius 3 is 2.35 bits per heavy atom. The van der Waals surface area contributed by atoms with Gasteiger partial charge < -0.3 is 14.4 Å². The number of carbonyl (C=O) groups is 1. The largest absolute Gasteiger partial charge is 0.480 e. The fourth-order valence-electron chi connectivity index (χ4n) is 6.01. The van der Waals surface area contributed by atoms with Crippen molar-refractivity contribution in [1.29, 1.82) is 0 Å². The fourth-order valence-corrected chi connectivity index (χ4v) is 6.01. The molecule has 1 saturated carbocycles. The van der Waals surface area contributed by atoms with Crippen LogP contribution in [0.1, 0.15) is 37.8 Å². The van der Waals surface area contributed by atoms with E-state index < -0.39 is 17.6 Å². The van der Waals surface area contributed by atoms with E-state index in [1.807, 2.05) is 19.9 Å². The summed E-state index contributed by atoms with van der Waals surface area (Å²) in [5, 5.41) is 0. The second-order valence-corrected chi connectivity index (χ2v) is 10.6. The average Bonchev–Trinajstić information content (AvgIpc) is 2.80. The van der Waals surface area contributed by atoms with Crippen LogP contribution in [0.4, 0.5) is 23.9 Å². The van der Waals surface area contributed by atoms with Crippen molar-refractivity contribution in [3.05, 3.63) is 47.7 Å². The molecule has 3 aliphatic rings. The van der Waals surface area contributed by atoms with Crippen LogP contribution in [-0.2, 0) is 17.5 Å². The number of nitrogens with zero attached hydrogens (tertiary/aromatic N) is 5. The molecule has 0 N–H and O–H groups in total. The first-order valence-electron chi connectivity index (χ1n) is 12.6. The molecular formula is C26H32F3N5O3. The summed E-state index contributed by atoms with van der Waals surface area (Å²) in [6.07, 6.45) is -2.52. The number of benzene rings is 1. The Bertz CT molecular complexity index is 1110. The van der Waals surface area contributed by atoms with Gasteiger partial charge in [-0.1, -0.05) is 30.3 Å². The van der Waals surface area contributed by atoms with Gasteiger partial charge in [0, 0.05) is 44.3 Å². The predicted octanol–water partition coefficient (Wildman–Crippen LogP) is 4.20. The molecule has 1 aliphatic carbocycles. The lowest BCUT2D eigenvalue weighted by Crippen LogP contribution is -2.65. The summed E-state index contributed by atoms with van der Waals surface area (Å²) in [7, 11) is 1.15. The summed E-state index contributed by atoms with van der Waals surface area (Å²) in [5.41, 5.74) is 0.547. The number of ether oxygens (including phenoxy) is 2. The molecule has 1 amide bonds. The molecule has 2 saturated heterocycles. The Hall–Kier alpha value is -3.08. The van der Waals surface area contributed by atoms with Crippen LogP contribution >= 0.6 is 0 Å². The molecule has 37 heavy (non-hydrogen) atoms.